The van der Waals surface area contributed by atoms with Crippen LogP contribution in [0.15, 0.2) is 42.6 Å². The standard InChI is InChI=1S/C22H25N3O/c1-3-22-23-10-9-20(24-22)17-13-16-7-8-18(26-2)15-19(16)21(14-17)25-11-5-4-6-12-25/h7-10,13-15H,3-6,11-12H2,1-2H3. The van der Waals surface area contributed by atoms with Crippen LogP contribution in [0.3, 0.4) is 0 Å². The van der Waals surface area contributed by atoms with Crippen molar-refractivity contribution in [2.75, 3.05) is 25.1 Å². The number of aryl methyl sites for hydroxylation is 1. The van der Waals surface area contributed by atoms with E-state index < -0.39 is 0 Å². The molecule has 134 valence electrons. The molecule has 4 heteroatoms. The molecule has 0 N–H and O–H groups in total. The Balaban J connectivity index is 1.89. The van der Waals surface area contributed by atoms with Crippen molar-refractivity contribution < 1.29 is 4.74 Å². The Morgan fingerprint density at radius 2 is 1.88 bits per heavy atom. The molecular formula is C22H25N3O. The molecular weight excluding hydrogens is 322 g/mol. The Morgan fingerprint density at radius 3 is 2.65 bits per heavy atom. The van der Waals surface area contributed by atoms with Gasteiger partial charge >= 0.3 is 0 Å². The lowest BCUT2D eigenvalue weighted by Gasteiger charge is -2.30. The summed E-state index contributed by atoms with van der Waals surface area (Å²) in [6, 6.07) is 12.8. The van der Waals surface area contributed by atoms with Gasteiger partial charge in [0.25, 0.3) is 0 Å². The molecule has 4 nitrogen and oxygen atoms in total. The molecule has 0 atom stereocenters. The molecule has 26 heavy (non-hydrogen) atoms. The Labute approximate surface area is 154 Å². The van der Waals surface area contributed by atoms with E-state index in [1.54, 1.807) is 7.11 Å². The second-order valence-corrected chi connectivity index (χ2v) is 6.84. The third-order valence-electron chi connectivity index (χ3n) is 5.15. The van der Waals surface area contributed by atoms with Crippen molar-refractivity contribution >= 4 is 16.5 Å². The number of ether oxygens (including phenoxy) is 1. The van der Waals surface area contributed by atoms with Crippen LogP contribution < -0.4 is 9.64 Å². The highest BCUT2D eigenvalue weighted by Gasteiger charge is 2.16. The lowest BCUT2D eigenvalue weighted by Crippen LogP contribution is -2.29. The average Bonchev–Trinajstić information content (AvgIpc) is 2.73. The first kappa shape index (κ1) is 16.8. The summed E-state index contributed by atoms with van der Waals surface area (Å²) in [6.45, 7) is 4.31. The smallest absolute Gasteiger partial charge is 0.128 e. The summed E-state index contributed by atoms with van der Waals surface area (Å²) in [7, 11) is 1.73. The van der Waals surface area contributed by atoms with Crippen molar-refractivity contribution in [3.05, 3.63) is 48.4 Å². The van der Waals surface area contributed by atoms with Gasteiger partial charge in [-0.05, 0) is 55.0 Å². The fourth-order valence-electron chi connectivity index (χ4n) is 3.72. The first-order valence-electron chi connectivity index (χ1n) is 9.47. The Hall–Kier alpha value is -2.62. The highest BCUT2D eigenvalue weighted by atomic mass is 16.5. The van der Waals surface area contributed by atoms with Gasteiger partial charge in [0.1, 0.15) is 11.6 Å². The Kier molecular flexibility index (Phi) is 4.74. The van der Waals surface area contributed by atoms with Crippen molar-refractivity contribution in [2.24, 2.45) is 0 Å². The molecule has 0 bridgehead atoms. The molecule has 1 aromatic heterocycles. The second kappa shape index (κ2) is 7.32. The van der Waals surface area contributed by atoms with Gasteiger partial charge in [0.2, 0.25) is 0 Å². The zero-order chi connectivity index (χ0) is 17.9. The van der Waals surface area contributed by atoms with E-state index >= 15 is 0 Å². The lowest BCUT2D eigenvalue weighted by molar-refractivity contribution is 0.415. The third-order valence-corrected chi connectivity index (χ3v) is 5.15. The molecule has 0 amide bonds. The van der Waals surface area contributed by atoms with E-state index in [1.807, 2.05) is 18.3 Å². The first-order chi connectivity index (χ1) is 12.8. The molecule has 0 spiro atoms. The Morgan fingerprint density at radius 1 is 1.04 bits per heavy atom. The number of benzene rings is 2. The summed E-state index contributed by atoms with van der Waals surface area (Å²) < 4.78 is 5.47. The molecule has 0 unspecified atom stereocenters. The van der Waals surface area contributed by atoms with E-state index in [9.17, 15) is 0 Å². The molecule has 0 aliphatic carbocycles. The molecule has 1 aliphatic rings. The quantitative estimate of drug-likeness (QED) is 0.676. The molecule has 3 aromatic rings. The molecule has 2 heterocycles. The van der Waals surface area contributed by atoms with Gasteiger partial charge in [-0.2, -0.15) is 0 Å². The van der Waals surface area contributed by atoms with Crippen molar-refractivity contribution in [1.29, 1.82) is 0 Å². The van der Waals surface area contributed by atoms with Crippen molar-refractivity contribution in [3.63, 3.8) is 0 Å². The number of methoxy groups -OCH3 is 1. The fraction of sp³-hybridized carbons (Fsp3) is 0.364. The van der Waals surface area contributed by atoms with E-state index in [0.717, 1.165) is 42.3 Å². The van der Waals surface area contributed by atoms with Crippen LogP contribution in [-0.4, -0.2) is 30.2 Å². The van der Waals surface area contributed by atoms with Crippen LogP contribution in [0.2, 0.25) is 0 Å². The average molecular weight is 347 g/mol. The SMILES string of the molecule is CCc1nccc(-c2cc(N3CCCCC3)c3cc(OC)ccc3c2)n1. The number of hydrogen-bond donors (Lipinski definition) is 0. The van der Waals surface area contributed by atoms with Crippen LogP contribution in [0.1, 0.15) is 32.0 Å². The second-order valence-electron chi connectivity index (χ2n) is 6.84. The molecule has 2 aromatic carbocycles. The van der Waals surface area contributed by atoms with Gasteiger partial charge < -0.3 is 9.64 Å². The van der Waals surface area contributed by atoms with Crippen LogP contribution in [0.5, 0.6) is 5.75 Å². The number of piperidine rings is 1. The van der Waals surface area contributed by atoms with Gasteiger partial charge in [0, 0.05) is 42.3 Å². The summed E-state index contributed by atoms with van der Waals surface area (Å²) >= 11 is 0. The maximum Gasteiger partial charge on any atom is 0.128 e. The molecule has 0 saturated carbocycles. The van der Waals surface area contributed by atoms with Crippen molar-refractivity contribution in [2.45, 2.75) is 32.6 Å². The number of aromatic nitrogens is 2. The number of hydrogen-bond acceptors (Lipinski definition) is 4. The van der Waals surface area contributed by atoms with Gasteiger partial charge in [-0.1, -0.05) is 13.0 Å². The number of rotatable bonds is 4. The minimum Gasteiger partial charge on any atom is -0.497 e. The monoisotopic (exact) mass is 347 g/mol. The zero-order valence-corrected chi connectivity index (χ0v) is 15.5. The summed E-state index contributed by atoms with van der Waals surface area (Å²) in [5.74, 6) is 1.79. The van der Waals surface area contributed by atoms with Crippen LogP contribution >= 0.6 is 0 Å². The topological polar surface area (TPSA) is 38.2 Å². The van der Waals surface area contributed by atoms with Crippen LogP contribution in [0.4, 0.5) is 5.69 Å². The predicted octanol–water partition coefficient (Wildman–Crippen LogP) is 4.86. The van der Waals surface area contributed by atoms with E-state index in [0.29, 0.717) is 0 Å². The maximum atomic E-state index is 5.47. The van der Waals surface area contributed by atoms with Crippen molar-refractivity contribution in [3.8, 4) is 17.0 Å². The minimum atomic E-state index is 0.845. The number of nitrogens with zero attached hydrogens (tertiary/aromatic N) is 3. The fourth-order valence-corrected chi connectivity index (χ4v) is 3.72. The van der Waals surface area contributed by atoms with E-state index in [-0.39, 0.29) is 0 Å². The van der Waals surface area contributed by atoms with Crippen LogP contribution in [0.25, 0.3) is 22.0 Å². The maximum absolute atomic E-state index is 5.47. The highest BCUT2D eigenvalue weighted by Crippen LogP contribution is 2.36. The van der Waals surface area contributed by atoms with Gasteiger partial charge in [-0.25, -0.2) is 9.97 Å². The normalized spacial score (nSPS) is 14.6. The number of fused-ring (bicyclic) bond motifs is 1. The van der Waals surface area contributed by atoms with E-state index in [4.69, 9.17) is 9.72 Å². The molecule has 0 radical (unpaired) electrons. The van der Waals surface area contributed by atoms with Crippen molar-refractivity contribution in [1.82, 2.24) is 9.97 Å². The van der Waals surface area contributed by atoms with Crippen LogP contribution in [-0.2, 0) is 6.42 Å². The summed E-state index contributed by atoms with van der Waals surface area (Å²) in [6.07, 6.45) is 6.53. The van der Waals surface area contributed by atoms with Gasteiger partial charge in [0.15, 0.2) is 0 Å². The third kappa shape index (κ3) is 3.24. The largest absolute Gasteiger partial charge is 0.497 e. The van der Waals surface area contributed by atoms with Gasteiger partial charge in [0.05, 0.1) is 12.8 Å². The number of anilines is 1. The van der Waals surface area contributed by atoms with Gasteiger partial charge in [-0.15, -0.1) is 0 Å². The molecule has 1 aliphatic heterocycles. The predicted molar refractivity (Wildman–Crippen MR) is 107 cm³/mol. The summed E-state index contributed by atoms with van der Waals surface area (Å²) in [5, 5.41) is 2.47. The van der Waals surface area contributed by atoms with E-state index in [2.05, 4.69) is 41.1 Å². The first-order valence-corrected chi connectivity index (χ1v) is 9.47. The Bertz CT molecular complexity index is 916. The zero-order valence-electron chi connectivity index (χ0n) is 15.5. The summed E-state index contributed by atoms with van der Waals surface area (Å²) in [4.78, 5) is 11.6. The summed E-state index contributed by atoms with van der Waals surface area (Å²) in [5.41, 5.74) is 3.43. The highest BCUT2D eigenvalue weighted by molar-refractivity contribution is 5.98. The van der Waals surface area contributed by atoms with Gasteiger partial charge in [-0.3, -0.25) is 0 Å². The molecule has 1 fully saturated rings. The van der Waals surface area contributed by atoms with Crippen LogP contribution in [0, 0.1) is 0 Å². The lowest BCUT2D eigenvalue weighted by atomic mass is 10.00. The van der Waals surface area contributed by atoms with E-state index in [1.165, 1.54) is 35.7 Å². The molecule has 4 rings (SSSR count). The molecule has 1 saturated heterocycles. The minimum absolute atomic E-state index is 0.845.